The Hall–Kier alpha value is -2.18. The highest BCUT2D eigenvalue weighted by molar-refractivity contribution is 7.13. The second kappa shape index (κ2) is 6.72. The van der Waals surface area contributed by atoms with Crippen LogP contribution in [-0.2, 0) is 6.54 Å². The maximum Gasteiger partial charge on any atom is 0.265 e. The molecule has 1 amide bonds. The van der Waals surface area contributed by atoms with E-state index >= 15 is 0 Å². The number of thiophene rings is 1. The number of rotatable bonds is 5. The van der Waals surface area contributed by atoms with Crippen LogP contribution in [0.25, 0.3) is 10.6 Å². The lowest BCUT2D eigenvalue weighted by Gasteiger charge is -2.09. The van der Waals surface area contributed by atoms with E-state index in [1.165, 1.54) is 11.3 Å². The van der Waals surface area contributed by atoms with Crippen molar-refractivity contribution in [3.8, 4) is 16.3 Å². The number of methoxy groups -OCH3 is 1. The van der Waals surface area contributed by atoms with Gasteiger partial charge in [-0.25, -0.2) is 4.98 Å². The summed E-state index contributed by atoms with van der Waals surface area (Å²) in [7, 11) is 1.57. The first kappa shape index (κ1) is 14.7. The van der Waals surface area contributed by atoms with Gasteiger partial charge in [-0.05, 0) is 17.0 Å². The van der Waals surface area contributed by atoms with Gasteiger partial charge in [-0.2, -0.15) is 0 Å². The summed E-state index contributed by atoms with van der Waals surface area (Å²) in [5.41, 5.74) is 2.09. The van der Waals surface area contributed by atoms with Crippen molar-refractivity contribution in [1.82, 2.24) is 10.3 Å². The summed E-state index contributed by atoms with van der Waals surface area (Å²) in [5.74, 6) is 0.483. The van der Waals surface area contributed by atoms with Crippen LogP contribution in [0.3, 0.4) is 0 Å². The molecule has 112 valence electrons. The summed E-state index contributed by atoms with van der Waals surface area (Å²) in [6.45, 7) is 0.454. The second-order valence-electron chi connectivity index (χ2n) is 4.50. The zero-order valence-corrected chi connectivity index (χ0v) is 13.5. The lowest BCUT2D eigenvalue weighted by molar-refractivity contribution is 0.0952. The number of benzene rings is 1. The van der Waals surface area contributed by atoms with Crippen LogP contribution in [0.15, 0.2) is 47.3 Å². The third kappa shape index (κ3) is 3.03. The number of carbonyl (C=O) groups excluding carboxylic acids is 1. The van der Waals surface area contributed by atoms with Gasteiger partial charge in [0.2, 0.25) is 0 Å². The standard InChI is InChI=1S/C16H14N2O2S2/c1-20-13-6-8-21-14(13)15(19)18-10-11-4-2-3-5-12(11)16-17-7-9-22-16/h2-9H,10H2,1H3,(H,18,19). The molecular weight excluding hydrogens is 316 g/mol. The minimum absolute atomic E-state index is 0.124. The van der Waals surface area contributed by atoms with Crippen molar-refractivity contribution < 1.29 is 9.53 Å². The predicted octanol–water partition coefficient (Wildman–Crippen LogP) is 3.81. The molecule has 3 rings (SSSR count). The van der Waals surface area contributed by atoms with Crippen molar-refractivity contribution >= 4 is 28.6 Å². The molecule has 0 aliphatic carbocycles. The van der Waals surface area contributed by atoms with Crippen LogP contribution in [0, 0.1) is 0 Å². The summed E-state index contributed by atoms with van der Waals surface area (Å²) in [4.78, 5) is 17.2. The van der Waals surface area contributed by atoms with E-state index in [-0.39, 0.29) is 5.91 Å². The fourth-order valence-corrected chi connectivity index (χ4v) is 3.59. The molecular formula is C16H14N2O2S2. The molecule has 6 heteroatoms. The topological polar surface area (TPSA) is 51.2 Å². The average Bonchev–Trinajstić information content (AvgIpc) is 3.23. The molecule has 0 aliphatic rings. The minimum atomic E-state index is -0.124. The van der Waals surface area contributed by atoms with Gasteiger partial charge in [0.05, 0.1) is 7.11 Å². The number of carbonyl (C=O) groups is 1. The monoisotopic (exact) mass is 330 g/mol. The van der Waals surface area contributed by atoms with E-state index in [1.54, 1.807) is 30.7 Å². The van der Waals surface area contributed by atoms with Crippen LogP contribution in [0.2, 0.25) is 0 Å². The zero-order chi connectivity index (χ0) is 15.4. The molecule has 0 spiro atoms. The first-order valence-corrected chi connectivity index (χ1v) is 8.43. The molecule has 0 bridgehead atoms. The maximum absolute atomic E-state index is 12.3. The average molecular weight is 330 g/mol. The zero-order valence-electron chi connectivity index (χ0n) is 11.9. The SMILES string of the molecule is COc1ccsc1C(=O)NCc1ccccc1-c1nccs1. The third-order valence-electron chi connectivity index (χ3n) is 3.17. The van der Waals surface area contributed by atoms with Gasteiger partial charge in [0.1, 0.15) is 15.6 Å². The highest BCUT2D eigenvalue weighted by atomic mass is 32.1. The Labute approximate surface area is 136 Å². The Morgan fingerprint density at radius 2 is 2.09 bits per heavy atom. The summed E-state index contributed by atoms with van der Waals surface area (Å²) >= 11 is 2.96. The Morgan fingerprint density at radius 1 is 1.23 bits per heavy atom. The van der Waals surface area contributed by atoms with Gasteiger partial charge in [0, 0.05) is 23.7 Å². The van der Waals surface area contributed by atoms with Gasteiger partial charge in [0.15, 0.2) is 0 Å². The highest BCUT2D eigenvalue weighted by Crippen LogP contribution is 2.26. The molecule has 2 aromatic heterocycles. The molecule has 2 heterocycles. The summed E-state index contributed by atoms with van der Waals surface area (Å²) < 4.78 is 5.18. The van der Waals surface area contributed by atoms with Gasteiger partial charge >= 0.3 is 0 Å². The molecule has 0 radical (unpaired) electrons. The van der Waals surface area contributed by atoms with Gasteiger partial charge < -0.3 is 10.1 Å². The normalized spacial score (nSPS) is 10.4. The van der Waals surface area contributed by atoms with Gasteiger partial charge in [-0.15, -0.1) is 22.7 Å². The van der Waals surface area contributed by atoms with E-state index < -0.39 is 0 Å². The number of hydrogen-bond donors (Lipinski definition) is 1. The van der Waals surface area contributed by atoms with Crippen molar-refractivity contribution in [3.05, 3.63) is 57.7 Å². The number of nitrogens with zero attached hydrogens (tertiary/aromatic N) is 1. The van der Waals surface area contributed by atoms with Crippen LogP contribution in [0.1, 0.15) is 15.2 Å². The number of thiazole rings is 1. The van der Waals surface area contributed by atoms with Gasteiger partial charge in [-0.3, -0.25) is 4.79 Å². The first-order chi connectivity index (χ1) is 10.8. The Kier molecular flexibility index (Phi) is 4.50. The van der Waals surface area contributed by atoms with Crippen molar-refractivity contribution in [2.45, 2.75) is 6.54 Å². The summed E-state index contributed by atoms with van der Waals surface area (Å²) in [6.07, 6.45) is 1.78. The highest BCUT2D eigenvalue weighted by Gasteiger charge is 2.14. The number of ether oxygens (including phenoxy) is 1. The number of amides is 1. The fourth-order valence-electron chi connectivity index (χ4n) is 2.12. The van der Waals surface area contributed by atoms with Crippen molar-refractivity contribution in [2.24, 2.45) is 0 Å². The smallest absolute Gasteiger partial charge is 0.265 e. The van der Waals surface area contributed by atoms with E-state index in [2.05, 4.69) is 10.3 Å². The maximum atomic E-state index is 12.3. The number of aromatic nitrogens is 1. The second-order valence-corrected chi connectivity index (χ2v) is 6.31. The van der Waals surface area contributed by atoms with Gasteiger partial charge in [-0.1, -0.05) is 24.3 Å². The van der Waals surface area contributed by atoms with E-state index in [9.17, 15) is 4.79 Å². The molecule has 4 nitrogen and oxygen atoms in total. The Morgan fingerprint density at radius 3 is 2.86 bits per heavy atom. The van der Waals surface area contributed by atoms with E-state index in [1.807, 2.05) is 35.0 Å². The van der Waals surface area contributed by atoms with E-state index in [0.29, 0.717) is 17.2 Å². The third-order valence-corrected chi connectivity index (χ3v) is 4.88. The summed E-state index contributed by atoms with van der Waals surface area (Å²) in [6, 6.07) is 9.76. The summed E-state index contributed by atoms with van der Waals surface area (Å²) in [5, 5.41) is 7.69. The van der Waals surface area contributed by atoms with Crippen LogP contribution >= 0.6 is 22.7 Å². The van der Waals surface area contributed by atoms with Crippen molar-refractivity contribution in [3.63, 3.8) is 0 Å². The molecule has 22 heavy (non-hydrogen) atoms. The molecule has 0 atom stereocenters. The minimum Gasteiger partial charge on any atom is -0.495 e. The Balaban J connectivity index is 1.76. The number of nitrogens with one attached hydrogen (secondary N) is 1. The van der Waals surface area contributed by atoms with E-state index in [4.69, 9.17) is 4.74 Å². The lowest BCUT2D eigenvalue weighted by atomic mass is 10.1. The molecule has 0 fully saturated rings. The molecule has 0 aliphatic heterocycles. The van der Waals surface area contributed by atoms with Crippen LogP contribution in [0.5, 0.6) is 5.75 Å². The molecule has 0 unspecified atom stereocenters. The van der Waals surface area contributed by atoms with Crippen LogP contribution in [0.4, 0.5) is 0 Å². The first-order valence-electron chi connectivity index (χ1n) is 6.67. The van der Waals surface area contributed by atoms with Crippen molar-refractivity contribution in [2.75, 3.05) is 7.11 Å². The molecule has 3 aromatic rings. The predicted molar refractivity (Wildman–Crippen MR) is 89.6 cm³/mol. The van der Waals surface area contributed by atoms with Gasteiger partial charge in [0.25, 0.3) is 5.91 Å². The molecule has 1 aromatic carbocycles. The Bertz CT molecular complexity index is 766. The molecule has 1 N–H and O–H groups in total. The van der Waals surface area contributed by atoms with Crippen LogP contribution in [-0.4, -0.2) is 18.0 Å². The lowest BCUT2D eigenvalue weighted by Crippen LogP contribution is -2.22. The van der Waals surface area contributed by atoms with E-state index in [0.717, 1.165) is 16.1 Å². The quantitative estimate of drug-likeness (QED) is 0.774. The number of hydrogen-bond acceptors (Lipinski definition) is 5. The molecule has 0 saturated carbocycles. The van der Waals surface area contributed by atoms with Crippen LogP contribution < -0.4 is 10.1 Å². The van der Waals surface area contributed by atoms with Crippen molar-refractivity contribution in [1.29, 1.82) is 0 Å². The molecule has 0 saturated heterocycles. The largest absolute Gasteiger partial charge is 0.495 e. The fraction of sp³-hybridized carbons (Fsp3) is 0.125.